The Morgan fingerprint density at radius 1 is 1.30 bits per heavy atom. The lowest BCUT2D eigenvalue weighted by atomic mass is 9.74. The summed E-state index contributed by atoms with van der Waals surface area (Å²) in [7, 11) is 0. The van der Waals surface area contributed by atoms with Crippen molar-refractivity contribution in [3.63, 3.8) is 0 Å². The summed E-state index contributed by atoms with van der Waals surface area (Å²) in [5.41, 5.74) is 7.51. The summed E-state index contributed by atoms with van der Waals surface area (Å²) in [5.74, 6) is 0.127. The SMILES string of the molecule is CCCC(N)C(=O)N1CCC(C)(c2ccccc2)CC1. The van der Waals surface area contributed by atoms with E-state index in [0.29, 0.717) is 0 Å². The summed E-state index contributed by atoms with van der Waals surface area (Å²) in [6, 6.07) is 10.3. The number of benzene rings is 1. The number of carbonyl (C=O) groups excluding carboxylic acids is 1. The Labute approximate surface area is 122 Å². The number of amides is 1. The number of rotatable bonds is 4. The Kier molecular flexibility index (Phi) is 4.81. The zero-order valence-corrected chi connectivity index (χ0v) is 12.6. The predicted molar refractivity (Wildman–Crippen MR) is 82.5 cm³/mol. The first kappa shape index (κ1) is 15.0. The van der Waals surface area contributed by atoms with Crippen molar-refractivity contribution in [3.05, 3.63) is 35.9 Å². The Bertz CT molecular complexity index is 436. The molecule has 0 aliphatic carbocycles. The van der Waals surface area contributed by atoms with E-state index in [-0.39, 0.29) is 17.4 Å². The maximum absolute atomic E-state index is 12.2. The van der Waals surface area contributed by atoms with Crippen LogP contribution in [0.5, 0.6) is 0 Å². The van der Waals surface area contributed by atoms with Gasteiger partial charge < -0.3 is 10.6 Å². The molecule has 1 amide bonds. The summed E-state index contributed by atoms with van der Waals surface area (Å²) in [5, 5.41) is 0. The number of piperidine rings is 1. The Morgan fingerprint density at radius 3 is 2.45 bits per heavy atom. The van der Waals surface area contributed by atoms with Gasteiger partial charge in [0.15, 0.2) is 0 Å². The molecule has 2 N–H and O–H groups in total. The highest BCUT2D eigenvalue weighted by atomic mass is 16.2. The maximum Gasteiger partial charge on any atom is 0.239 e. The smallest absolute Gasteiger partial charge is 0.239 e. The minimum atomic E-state index is -0.318. The fourth-order valence-corrected chi connectivity index (χ4v) is 3.02. The lowest BCUT2D eigenvalue weighted by molar-refractivity contribution is -0.134. The molecular formula is C17H26N2O. The van der Waals surface area contributed by atoms with Gasteiger partial charge in [-0.1, -0.05) is 50.6 Å². The Morgan fingerprint density at radius 2 is 1.90 bits per heavy atom. The summed E-state index contributed by atoms with van der Waals surface area (Å²) >= 11 is 0. The molecule has 1 heterocycles. The molecule has 0 radical (unpaired) electrons. The average Bonchev–Trinajstić information content (AvgIpc) is 2.48. The Balaban J connectivity index is 1.97. The van der Waals surface area contributed by atoms with E-state index in [4.69, 9.17) is 5.73 Å². The standard InChI is InChI=1S/C17H26N2O/c1-3-7-15(18)16(20)19-12-10-17(2,11-13-19)14-8-5-4-6-9-14/h4-6,8-9,15H,3,7,10-13,18H2,1-2H3. The van der Waals surface area contributed by atoms with Gasteiger partial charge in [-0.15, -0.1) is 0 Å². The van der Waals surface area contributed by atoms with Crippen LogP contribution >= 0.6 is 0 Å². The third-order valence-electron chi connectivity index (χ3n) is 4.57. The minimum Gasteiger partial charge on any atom is -0.341 e. The van der Waals surface area contributed by atoms with Crippen LogP contribution in [0, 0.1) is 0 Å². The van der Waals surface area contributed by atoms with Gasteiger partial charge in [0.2, 0.25) is 5.91 Å². The van der Waals surface area contributed by atoms with Crippen molar-refractivity contribution < 1.29 is 4.79 Å². The van der Waals surface area contributed by atoms with Crippen LogP contribution in [0.2, 0.25) is 0 Å². The van der Waals surface area contributed by atoms with Crippen molar-refractivity contribution >= 4 is 5.91 Å². The summed E-state index contributed by atoms with van der Waals surface area (Å²) in [6.07, 6.45) is 3.77. The molecule has 3 nitrogen and oxygen atoms in total. The number of hydrogen-bond donors (Lipinski definition) is 1. The molecule has 1 aliphatic rings. The predicted octanol–water partition coefficient (Wildman–Crippen LogP) is 2.69. The second-order valence-electron chi connectivity index (χ2n) is 6.15. The molecule has 0 saturated carbocycles. The third kappa shape index (κ3) is 3.21. The van der Waals surface area contributed by atoms with Crippen molar-refractivity contribution in [2.45, 2.75) is 51.0 Å². The van der Waals surface area contributed by atoms with Crippen LogP contribution in [0.3, 0.4) is 0 Å². The van der Waals surface area contributed by atoms with Crippen LogP contribution in [0.1, 0.15) is 45.1 Å². The first-order valence-electron chi connectivity index (χ1n) is 7.67. The third-order valence-corrected chi connectivity index (χ3v) is 4.57. The second-order valence-corrected chi connectivity index (χ2v) is 6.15. The molecule has 1 aliphatic heterocycles. The van der Waals surface area contributed by atoms with Crippen molar-refractivity contribution in [2.75, 3.05) is 13.1 Å². The van der Waals surface area contributed by atoms with Crippen LogP contribution in [0.25, 0.3) is 0 Å². The molecular weight excluding hydrogens is 248 g/mol. The van der Waals surface area contributed by atoms with E-state index in [1.165, 1.54) is 5.56 Å². The van der Waals surface area contributed by atoms with E-state index < -0.39 is 0 Å². The van der Waals surface area contributed by atoms with E-state index in [2.05, 4.69) is 44.2 Å². The van der Waals surface area contributed by atoms with Crippen molar-refractivity contribution in [1.29, 1.82) is 0 Å². The molecule has 0 aromatic heterocycles. The largest absolute Gasteiger partial charge is 0.341 e. The zero-order valence-electron chi connectivity index (χ0n) is 12.6. The molecule has 20 heavy (non-hydrogen) atoms. The van der Waals surface area contributed by atoms with Crippen LogP contribution in [0.15, 0.2) is 30.3 Å². The maximum atomic E-state index is 12.2. The molecule has 2 rings (SSSR count). The fourth-order valence-electron chi connectivity index (χ4n) is 3.02. The van der Waals surface area contributed by atoms with Gasteiger partial charge in [-0.3, -0.25) is 4.79 Å². The van der Waals surface area contributed by atoms with Gasteiger partial charge in [-0.05, 0) is 30.2 Å². The van der Waals surface area contributed by atoms with Gasteiger partial charge in [-0.2, -0.15) is 0 Å². The minimum absolute atomic E-state index is 0.127. The topological polar surface area (TPSA) is 46.3 Å². The summed E-state index contributed by atoms with van der Waals surface area (Å²) in [4.78, 5) is 14.2. The molecule has 1 unspecified atom stereocenters. The molecule has 3 heteroatoms. The van der Waals surface area contributed by atoms with Crippen molar-refractivity contribution in [2.24, 2.45) is 5.73 Å². The summed E-state index contributed by atoms with van der Waals surface area (Å²) < 4.78 is 0. The van der Waals surface area contributed by atoms with Crippen molar-refractivity contribution in [1.82, 2.24) is 4.90 Å². The lowest BCUT2D eigenvalue weighted by Crippen LogP contribution is -2.49. The number of nitrogens with zero attached hydrogens (tertiary/aromatic N) is 1. The highest BCUT2D eigenvalue weighted by molar-refractivity contribution is 5.81. The summed E-state index contributed by atoms with van der Waals surface area (Å²) in [6.45, 7) is 6.01. The van der Waals surface area contributed by atoms with Crippen LogP contribution in [-0.4, -0.2) is 29.9 Å². The molecule has 1 aromatic rings. The van der Waals surface area contributed by atoms with Crippen LogP contribution in [-0.2, 0) is 10.2 Å². The molecule has 1 fully saturated rings. The number of hydrogen-bond acceptors (Lipinski definition) is 2. The second kappa shape index (κ2) is 6.40. The monoisotopic (exact) mass is 274 g/mol. The fraction of sp³-hybridized carbons (Fsp3) is 0.588. The van der Waals surface area contributed by atoms with E-state index in [1.54, 1.807) is 0 Å². The molecule has 1 atom stereocenters. The van der Waals surface area contributed by atoms with Gasteiger partial charge in [-0.25, -0.2) is 0 Å². The molecule has 1 saturated heterocycles. The van der Waals surface area contributed by atoms with Crippen LogP contribution < -0.4 is 5.73 Å². The van der Waals surface area contributed by atoms with E-state index in [1.807, 2.05) is 4.90 Å². The average molecular weight is 274 g/mol. The van der Waals surface area contributed by atoms with Gasteiger partial charge in [0.05, 0.1) is 6.04 Å². The van der Waals surface area contributed by atoms with E-state index in [9.17, 15) is 4.79 Å². The Hall–Kier alpha value is -1.35. The molecule has 1 aromatic carbocycles. The normalized spacial score (nSPS) is 19.6. The molecule has 0 bridgehead atoms. The highest BCUT2D eigenvalue weighted by Crippen LogP contribution is 2.34. The first-order valence-corrected chi connectivity index (χ1v) is 7.67. The van der Waals surface area contributed by atoms with Gasteiger partial charge >= 0.3 is 0 Å². The van der Waals surface area contributed by atoms with Gasteiger partial charge in [0.25, 0.3) is 0 Å². The number of likely N-dealkylation sites (tertiary alicyclic amines) is 1. The number of nitrogens with two attached hydrogens (primary N) is 1. The number of carbonyl (C=O) groups is 1. The molecule has 110 valence electrons. The first-order chi connectivity index (χ1) is 9.57. The quantitative estimate of drug-likeness (QED) is 0.917. The zero-order chi connectivity index (χ0) is 14.6. The molecule has 0 spiro atoms. The van der Waals surface area contributed by atoms with Crippen LogP contribution in [0.4, 0.5) is 0 Å². The van der Waals surface area contributed by atoms with Gasteiger partial charge in [0.1, 0.15) is 0 Å². The van der Waals surface area contributed by atoms with Crippen molar-refractivity contribution in [3.8, 4) is 0 Å². The highest BCUT2D eigenvalue weighted by Gasteiger charge is 2.34. The van der Waals surface area contributed by atoms with E-state index >= 15 is 0 Å². The van der Waals surface area contributed by atoms with E-state index in [0.717, 1.165) is 38.8 Å². The van der Waals surface area contributed by atoms with Gasteiger partial charge in [0, 0.05) is 13.1 Å². The lowest BCUT2D eigenvalue weighted by Gasteiger charge is -2.40.